The average molecular weight is 1370 g/mol. The lowest BCUT2D eigenvalue weighted by atomic mass is 10.1. The summed E-state index contributed by atoms with van der Waals surface area (Å²) < 4.78 is 0. The lowest BCUT2D eigenvalue weighted by molar-refractivity contribution is -0.111. The number of nitrogen functional groups attached to an aromatic ring is 2. The number of phenols is 1. The van der Waals surface area contributed by atoms with E-state index in [0.29, 0.717) is 34.9 Å². The molecule has 11 N–H and O–H groups in total. The topological polar surface area (TPSA) is 251 Å². The van der Waals surface area contributed by atoms with E-state index in [1.807, 2.05) is 97.9 Å². The molecule has 0 saturated heterocycles. The summed E-state index contributed by atoms with van der Waals surface area (Å²) in [5.74, 6) is 2.32. The Balaban J connectivity index is 0.000000137. The van der Waals surface area contributed by atoms with E-state index in [1.165, 1.54) is 73.5 Å². The van der Waals surface area contributed by atoms with Crippen LogP contribution in [0.4, 0.5) is 40.2 Å². The lowest BCUT2D eigenvalue weighted by Crippen LogP contribution is -2.13. The third kappa shape index (κ3) is 20.8. The summed E-state index contributed by atoms with van der Waals surface area (Å²) in [5, 5.41) is 30.0. The van der Waals surface area contributed by atoms with E-state index in [1.54, 1.807) is 54.6 Å². The number of aryl methyl sites for hydroxylation is 6. The van der Waals surface area contributed by atoms with Gasteiger partial charge in [0.2, 0.25) is 11.5 Å². The average Bonchev–Trinajstić information content (AvgIpc) is 0.834. The molecule has 518 valence electrons. The van der Waals surface area contributed by atoms with Gasteiger partial charge in [0.25, 0.3) is 5.91 Å². The van der Waals surface area contributed by atoms with Crippen molar-refractivity contribution in [2.75, 3.05) is 38.1 Å². The van der Waals surface area contributed by atoms with Gasteiger partial charge in [-0.1, -0.05) is 149 Å². The number of carbonyl (C=O) groups is 2. The van der Waals surface area contributed by atoms with Crippen molar-refractivity contribution in [3.63, 3.8) is 0 Å². The first-order valence-corrected chi connectivity index (χ1v) is 34.1. The molecule has 15 aromatic rings. The number of anilines is 7. The van der Waals surface area contributed by atoms with Crippen molar-refractivity contribution in [2.24, 2.45) is 0 Å². The molecule has 16 heteroatoms. The van der Waals surface area contributed by atoms with E-state index in [0.717, 1.165) is 85.5 Å². The zero-order valence-corrected chi connectivity index (χ0v) is 58.9. The summed E-state index contributed by atoms with van der Waals surface area (Å²) in [6.07, 6.45) is 3.27. The number of pyridine rings is 5. The number of nitrogens with two attached hydrogens (primary N) is 2. The number of amides is 2. The monoisotopic (exact) mass is 1370 g/mol. The number of nitrogens with zero attached hydrogens (tertiary/aromatic N) is 4. The minimum absolute atomic E-state index is 0.131. The number of aromatic nitrogens is 5. The third-order valence-electron chi connectivity index (χ3n) is 16.8. The number of phenolic OH excluding ortho intramolecular Hbond substituents is 1. The molecule has 0 aliphatic heterocycles. The van der Waals surface area contributed by atoms with Gasteiger partial charge in [-0.3, -0.25) is 19.4 Å². The Morgan fingerprint density at radius 3 is 1.34 bits per heavy atom. The number of rotatable bonds is 14. The van der Waals surface area contributed by atoms with E-state index < -0.39 is 0 Å². The highest BCUT2D eigenvalue weighted by molar-refractivity contribution is 6.07. The van der Waals surface area contributed by atoms with Crippen LogP contribution in [0.1, 0.15) is 66.1 Å². The van der Waals surface area contributed by atoms with Gasteiger partial charge in [-0.2, -0.15) is 0 Å². The molecule has 0 unspecified atom stereocenters. The molecular weight excluding hydrogens is 1290 g/mol. The number of aromatic amines is 1. The molecule has 0 radical (unpaired) electrons. The quantitative estimate of drug-likeness (QED) is 0.0363. The van der Waals surface area contributed by atoms with Crippen LogP contribution in [0.15, 0.2) is 284 Å². The number of aromatic hydroxyl groups is 1. The number of hydrogen-bond acceptors (Lipinski definition) is 13. The van der Waals surface area contributed by atoms with Crippen molar-refractivity contribution in [1.82, 2.24) is 24.9 Å². The lowest BCUT2D eigenvalue weighted by Gasteiger charge is -2.10. The zero-order chi connectivity index (χ0) is 72.9. The number of hydrogen-bond donors (Lipinski definition) is 9. The Kier molecular flexibility index (Phi) is 23.8. The van der Waals surface area contributed by atoms with Gasteiger partial charge in [0, 0.05) is 75.5 Å². The van der Waals surface area contributed by atoms with Crippen LogP contribution in [0, 0.1) is 41.5 Å². The largest absolute Gasteiger partial charge is 0.508 e. The molecule has 10 aromatic carbocycles. The van der Waals surface area contributed by atoms with Crippen LogP contribution in [0.2, 0.25) is 0 Å². The number of H-pyrrole nitrogens is 1. The molecule has 0 aliphatic rings. The van der Waals surface area contributed by atoms with Crippen molar-refractivity contribution >= 4 is 113 Å². The van der Waals surface area contributed by atoms with Crippen molar-refractivity contribution in [1.29, 1.82) is 0 Å². The van der Waals surface area contributed by atoms with Crippen LogP contribution in [0.5, 0.6) is 5.75 Å². The molecule has 0 bridgehead atoms. The van der Waals surface area contributed by atoms with E-state index in [9.17, 15) is 14.4 Å². The molecule has 0 aliphatic carbocycles. The molecule has 104 heavy (non-hydrogen) atoms. The third-order valence-corrected chi connectivity index (χ3v) is 16.8. The van der Waals surface area contributed by atoms with E-state index in [2.05, 4.69) is 207 Å². The smallest absolute Gasteiger partial charge is 0.255 e. The Bertz CT molecular complexity index is 5550. The minimum atomic E-state index is -0.230. The van der Waals surface area contributed by atoms with E-state index in [-0.39, 0.29) is 23.1 Å². The fourth-order valence-corrected chi connectivity index (χ4v) is 11.0. The van der Waals surface area contributed by atoms with Gasteiger partial charge in [-0.15, -0.1) is 0 Å². The summed E-state index contributed by atoms with van der Waals surface area (Å²) in [6.45, 7) is 14.7. The van der Waals surface area contributed by atoms with Crippen LogP contribution in [-0.2, 0) is 24.4 Å². The molecule has 0 fully saturated rings. The number of para-hydroxylation sites is 4. The summed E-state index contributed by atoms with van der Waals surface area (Å²) >= 11 is 0. The molecule has 0 spiro atoms. The second kappa shape index (κ2) is 34.5. The molecule has 0 saturated carbocycles. The highest BCUT2D eigenvalue weighted by Crippen LogP contribution is 2.25. The molecular formula is C88H82N12O4. The number of nitrogens with one attached hydrogen (secondary N) is 6. The number of benzene rings is 10. The summed E-state index contributed by atoms with van der Waals surface area (Å²) in [4.78, 5) is 56.6. The maximum absolute atomic E-state index is 12.6. The van der Waals surface area contributed by atoms with Gasteiger partial charge in [-0.05, 0) is 215 Å². The van der Waals surface area contributed by atoms with Crippen molar-refractivity contribution in [3.8, 4) is 5.75 Å². The maximum Gasteiger partial charge on any atom is 0.255 e. The Morgan fingerprint density at radius 1 is 0.404 bits per heavy atom. The summed E-state index contributed by atoms with van der Waals surface area (Å²) in [5.41, 5.74) is 31.0. The SMILES string of the molecule is Cc1ccc(CNc2ccc3cc(/C=C/C(=O)Nc4ccccc4N)ccc3n2)cc1.Cc1ccc(CNc2ccc3cc(C(=O)Nc4ccccc4N)ccc3n2)cc1.Cc1ccc(CNc2ccc3cc(C)ccc3n2)cc1.Cc1ccc2nc(C)ccc2c1.O=c1ccc2cc(O)ccc2[nH]1. The van der Waals surface area contributed by atoms with E-state index >= 15 is 0 Å². The first-order chi connectivity index (χ1) is 50.4. The van der Waals surface area contributed by atoms with Gasteiger partial charge in [0.05, 0.1) is 44.8 Å². The normalized spacial score (nSPS) is 10.7. The van der Waals surface area contributed by atoms with Gasteiger partial charge in [-0.25, -0.2) is 15.0 Å². The zero-order valence-electron chi connectivity index (χ0n) is 58.9. The predicted molar refractivity (Wildman–Crippen MR) is 430 cm³/mol. The fourth-order valence-electron chi connectivity index (χ4n) is 11.0. The van der Waals surface area contributed by atoms with E-state index in [4.69, 9.17) is 16.6 Å². The highest BCUT2D eigenvalue weighted by Gasteiger charge is 2.11. The van der Waals surface area contributed by atoms with Crippen LogP contribution in [0.3, 0.4) is 0 Å². The summed E-state index contributed by atoms with van der Waals surface area (Å²) in [7, 11) is 0. The molecule has 15 rings (SSSR count). The van der Waals surface area contributed by atoms with Crippen LogP contribution in [0.25, 0.3) is 60.6 Å². The van der Waals surface area contributed by atoms with Crippen LogP contribution >= 0.6 is 0 Å². The maximum atomic E-state index is 12.6. The minimum Gasteiger partial charge on any atom is -0.508 e. The fraction of sp³-hybridized carbons (Fsp3) is 0.102. The summed E-state index contributed by atoms with van der Waals surface area (Å²) in [6, 6.07) is 87.9. The van der Waals surface area contributed by atoms with Crippen LogP contribution < -0.4 is 43.6 Å². The molecule has 0 atom stereocenters. The van der Waals surface area contributed by atoms with Crippen molar-refractivity contribution < 1.29 is 14.7 Å². The molecule has 16 nitrogen and oxygen atoms in total. The number of carbonyl (C=O) groups excluding carboxylic acids is 2. The first kappa shape index (κ1) is 71.8. The van der Waals surface area contributed by atoms with Gasteiger partial charge < -0.3 is 48.1 Å². The number of fused-ring (bicyclic) bond motifs is 5. The predicted octanol–water partition coefficient (Wildman–Crippen LogP) is 18.9. The first-order valence-electron chi connectivity index (χ1n) is 34.1. The second-order valence-electron chi connectivity index (χ2n) is 25.4. The van der Waals surface area contributed by atoms with Crippen molar-refractivity contribution in [2.45, 2.75) is 61.2 Å². The van der Waals surface area contributed by atoms with Gasteiger partial charge in [0.1, 0.15) is 23.2 Å². The van der Waals surface area contributed by atoms with Gasteiger partial charge >= 0.3 is 0 Å². The molecule has 5 heterocycles. The molecule has 2 amide bonds. The van der Waals surface area contributed by atoms with Gasteiger partial charge in [0.15, 0.2) is 0 Å². The standard InChI is InChI=1S/C26H24N4O.C24H22N4O.C18H18N2.C11H11N.C9H7NO2/c1-18-6-8-20(9-7-18)17-28-25-14-12-21-16-19(10-13-23(21)29-25)11-15-26(31)30-24-5-3-2-4-22(24)27;1-16-6-8-17(9-7-16)15-26-23-13-11-18-14-19(10-12-21(18)27-23)24(29)28-22-5-3-2-4-20(22)25;1-13-3-6-15(7-4-13)12-19-18-10-8-16-11-14(2)5-9-17(16)20-18;1-8-3-6-11-10(7-8)5-4-9(2)12-11;11-7-2-3-8-6(5-7)1-4-9(12)10-8/h2-16H,17,27H2,1H3,(H,28,29)(H,30,31);2-14H,15,25H2,1H3,(H,26,27)(H,28,29);3-11H,12H2,1-2H3,(H,19,20);3-7H,1-2H3;1-5,11H,(H,10,12)/b15-11+;;;;. The molecule has 5 aromatic heterocycles. The Labute approximate surface area is 604 Å². The van der Waals surface area contributed by atoms with Crippen molar-refractivity contribution in [3.05, 3.63) is 351 Å². The Hall–Kier alpha value is -13.5. The highest BCUT2D eigenvalue weighted by atomic mass is 16.3. The van der Waals surface area contributed by atoms with Crippen LogP contribution in [-0.4, -0.2) is 41.8 Å². The second-order valence-corrected chi connectivity index (χ2v) is 25.4. The Morgan fingerprint density at radius 2 is 0.827 bits per heavy atom.